The Morgan fingerprint density at radius 1 is 1.35 bits per heavy atom. The average Bonchev–Trinajstić information content (AvgIpc) is 2.63. The van der Waals surface area contributed by atoms with Crippen molar-refractivity contribution in [3.8, 4) is 17.2 Å². The van der Waals surface area contributed by atoms with Crippen molar-refractivity contribution in [2.24, 2.45) is 5.10 Å². The number of para-hydroxylation sites is 2. The van der Waals surface area contributed by atoms with Crippen LogP contribution in [0.25, 0.3) is 0 Å². The Morgan fingerprint density at radius 2 is 2.08 bits per heavy atom. The lowest BCUT2D eigenvalue weighted by Gasteiger charge is -2.24. The van der Waals surface area contributed by atoms with Crippen LogP contribution in [0.5, 0.6) is 17.2 Å². The molecule has 0 saturated heterocycles. The topological polar surface area (TPSA) is 126 Å². The van der Waals surface area contributed by atoms with E-state index in [2.05, 4.69) is 26.5 Å². The molecule has 2 aromatic rings. The Balaban J connectivity index is 1.68. The predicted molar refractivity (Wildman–Crippen MR) is 92.3 cm³/mol. The molecule has 1 heterocycles. The Kier molecular flexibility index (Phi) is 5.03. The van der Waals surface area contributed by atoms with Crippen molar-refractivity contribution in [1.82, 2.24) is 5.43 Å². The number of fused-ring (bicyclic) bond motifs is 1. The van der Waals surface area contributed by atoms with Gasteiger partial charge in [-0.1, -0.05) is 28.1 Å². The molecule has 134 valence electrons. The fraction of sp³-hybridized carbons (Fsp3) is 0.125. The van der Waals surface area contributed by atoms with E-state index >= 15 is 0 Å². The van der Waals surface area contributed by atoms with E-state index in [1.165, 1.54) is 6.07 Å². The molecule has 1 aliphatic heterocycles. The van der Waals surface area contributed by atoms with Crippen molar-refractivity contribution >= 4 is 33.7 Å². The summed E-state index contributed by atoms with van der Waals surface area (Å²) in [5, 5.41) is 26.5. The van der Waals surface area contributed by atoms with Gasteiger partial charge in [0.15, 0.2) is 11.5 Å². The summed E-state index contributed by atoms with van der Waals surface area (Å²) in [5.41, 5.74) is 1.59. The van der Waals surface area contributed by atoms with Gasteiger partial charge in [-0.15, -0.1) is 0 Å². The third-order valence-electron chi connectivity index (χ3n) is 3.44. The van der Waals surface area contributed by atoms with E-state index in [1.807, 2.05) is 0 Å². The number of nitrogens with zero attached hydrogens (tertiary/aromatic N) is 2. The van der Waals surface area contributed by atoms with Crippen molar-refractivity contribution in [1.29, 1.82) is 0 Å². The van der Waals surface area contributed by atoms with E-state index in [9.17, 15) is 20.0 Å². The minimum atomic E-state index is -0.911. The summed E-state index contributed by atoms with van der Waals surface area (Å²) in [6.07, 6.45) is 0.126. The van der Waals surface area contributed by atoms with E-state index in [0.29, 0.717) is 16.0 Å². The van der Waals surface area contributed by atoms with Gasteiger partial charge in [0, 0.05) is 10.5 Å². The maximum absolute atomic E-state index is 12.1. The number of halogens is 1. The Morgan fingerprint density at radius 3 is 2.81 bits per heavy atom. The van der Waals surface area contributed by atoms with Gasteiger partial charge in [0.2, 0.25) is 6.10 Å². The highest BCUT2D eigenvalue weighted by molar-refractivity contribution is 9.10. The molecule has 0 spiro atoms. The van der Waals surface area contributed by atoms with Crippen LogP contribution in [-0.4, -0.2) is 29.8 Å². The maximum atomic E-state index is 12.1. The van der Waals surface area contributed by atoms with Crippen LogP contribution in [0.1, 0.15) is 5.56 Å². The van der Waals surface area contributed by atoms with Crippen LogP contribution >= 0.6 is 15.9 Å². The van der Waals surface area contributed by atoms with Crippen molar-refractivity contribution in [2.45, 2.75) is 6.10 Å². The lowest BCUT2D eigenvalue weighted by Crippen LogP contribution is -2.42. The van der Waals surface area contributed by atoms with Gasteiger partial charge < -0.3 is 14.6 Å². The van der Waals surface area contributed by atoms with E-state index in [-0.39, 0.29) is 12.2 Å². The lowest BCUT2D eigenvalue weighted by molar-refractivity contribution is -0.398. The monoisotopic (exact) mass is 420 g/mol. The van der Waals surface area contributed by atoms with Gasteiger partial charge in [0.1, 0.15) is 6.61 Å². The molecule has 2 aromatic carbocycles. The van der Waals surface area contributed by atoms with Crippen LogP contribution in [0.2, 0.25) is 0 Å². The SMILES string of the molecule is O=C(N/N=C/c1cc(Br)cc([N+](=O)[O-])c1[O-])[C@H]1COc2ccccc2O1. The zero-order valence-corrected chi connectivity index (χ0v) is 14.6. The minimum Gasteiger partial charge on any atom is -0.867 e. The first-order valence-electron chi connectivity index (χ1n) is 7.32. The number of nitro groups is 1. The molecule has 0 unspecified atom stereocenters. The molecule has 1 N–H and O–H groups in total. The number of amides is 1. The fourth-order valence-corrected chi connectivity index (χ4v) is 2.68. The molecular formula is C16H11BrN3O6-. The van der Waals surface area contributed by atoms with E-state index in [4.69, 9.17) is 9.47 Å². The van der Waals surface area contributed by atoms with Crippen LogP contribution in [-0.2, 0) is 4.79 Å². The molecule has 1 atom stereocenters. The van der Waals surface area contributed by atoms with Crippen LogP contribution in [0.15, 0.2) is 46.0 Å². The summed E-state index contributed by atoms with van der Waals surface area (Å²) in [5.74, 6) is -0.403. The van der Waals surface area contributed by atoms with E-state index in [0.717, 1.165) is 12.3 Å². The van der Waals surface area contributed by atoms with Crippen LogP contribution in [0.4, 0.5) is 5.69 Å². The molecular weight excluding hydrogens is 410 g/mol. The largest absolute Gasteiger partial charge is 0.867 e. The first-order chi connectivity index (χ1) is 12.5. The highest BCUT2D eigenvalue weighted by atomic mass is 79.9. The number of ether oxygens (including phenoxy) is 2. The quantitative estimate of drug-likeness (QED) is 0.455. The summed E-state index contributed by atoms with van der Waals surface area (Å²) >= 11 is 3.09. The van der Waals surface area contributed by atoms with Crippen molar-refractivity contribution < 1.29 is 24.3 Å². The number of hydrogen-bond donors (Lipinski definition) is 1. The number of rotatable bonds is 4. The molecule has 10 heteroatoms. The van der Waals surface area contributed by atoms with E-state index < -0.39 is 28.4 Å². The molecule has 0 radical (unpaired) electrons. The molecule has 0 saturated carbocycles. The second-order valence-corrected chi connectivity index (χ2v) is 6.11. The van der Waals surface area contributed by atoms with Crippen molar-refractivity contribution in [3.05, 3.63) is 56.5 Å². The molecule has 0 aromatic heterocycles. The van der Waals surface area contributed by atoms with Gasteiger partial charge in [-0.25, -0.2) is 5.43 Å². The van der Waals surface area contributed by atoms with Gasteiger partial charge in [-0.2, -0.15) is 5.10 Å². The van der Waals surface area contributed by atoms with Crippen LogP contribution < -0.4 is 20.0 Å². The molecule has 1 amide bonds. The van der Waals surface area contributed by atoms with Crippen molar-refractivity contribution in [2.75, 3.05) is 6.61 Å². The standard InChI is InChI=1S/C16H12BrN3O6/c17-10-5-9(15(21)11(6-10)20(23)24)7-18-19-16(22)14-8-25-12-3-1-2-4-13(12)26-14/h1-7,14,21H,8H2,(H,19,22)/p-1/b18-7+/t14-/m1/s1. The third-order valence-corrected chi connectivity index (χ3v) is 3.90. The third kappa shape index (κ3) is 3.75. The van der Waals surface area contributed by atoms with Gasteiger partial charge in [0.25, 0.3) is 11.6 Å². The number of nitrogens with one attached hydrogen (secondary N) is 1. The predicted octanol–water partition coefficient (Wildman–Crippen LogP) is 1.72. The number of nitro benzene ring substituents is 1. The minimum absolute atomic E-state index is 0.00747. The smallest absolute Gasteiger partial charge is 0.284 e. The summed E-state index contributed by atoms with van der Waals surface area (Å²) < 4.78 is 11.3. The summed E-state index contributed by atoms with van der Waals surface area (Å²) in [6.45, 7) is 0.00747. The molecule has 0 aliphatic carbocycles. The number of benzene rings is 2. The molecule has 9 nitrogen and oxygen atoms in total. The van der Waals surface area contributed by atoms with Gasteiger partial charge in [0.05, 0.1) is 11.1 Å². The summed E-state index contributed by atoms with van der Waals surface area (Å²) in [6, 6.07) is 9.38. The zero-order valence-electron chi connectivity index (χ0n) is 13.0. The van der Waals surface area contributed by atoms with Crippen LogP contribution in [0.3, 0.4) is 0 Å². The number of carbonyl (C=O) groups is 1. The normalized spacial score (nSPS) is 15.7. The molecule has 3 rings (SSSR count). The van der Waals surface area contributed by atoms with Crippen LogP contribution in [0, 0.1) is 10.1 Å². The van der Waals surface area contributed by atoms with Gasteiger partial charge in [-0.3, -0.25) is 14.9 Å². The first-order valence-corrected chi connectivity index (χ1v) is 8.11. The van der Waals surface area contributed by atoms with Crippen molar-refractivity contribution in [3.63, 3.8) is 0 Å². The van der Waals surface area contributed by atoms with Gasteiger partial charge >= 0.3 is 0 Å². The molecule has 1 aliphatic rings. The second kappa shape index (κ2) is 7.40. The summed E-state index contributed by atoms with van der Waals surface area (Å²) in [4.78, 5) is 22.2. The number of hydrazone groups is 1. The fourth-order valence-electron chi connectivity index (χ4n) is 2.22. The van der Waals surface area contributed by atoms with Gasteiger partial charge in [-0.05, 0) is 29.5 Å². The first kappa shape index (κ1) is 17.7. The highest BCUT2D eigenvalue weighted by Crippen LogP contribution is 2.31. The molecule has 26 heavy (non-hydrogen) atoms. The average molecular weight is 421 g/mol. The summed E-state index contributed by atoms with van der Waals surface area (Å²) in [7, 11) is 0. The molecule has 0 fully saturated rings. The maximum Gasteiger partial charge on any atom is 0.284 e. The molecule has 0 bridgehead atoms. The number of carbonyl (C=O) groups excluding carboxylic acids is 1. The Labute approximate surface area is 155 Å². The Hall–Kier alpha value is -3.14. The highest BCUT2D eigenvalue weighted by Gasteiger charge is 2.27. The van der Waals surface area contributed by atoms with E-state index in [1.54, 1.807) is 24.3 Å². The second-order valence-electron chi connectivity index (χ2n) is 5.20. The number of hydrogen-bond acceptors (Lipinski definition) is 7. The zero-order chi connectivity index (χ0) is 18.7. The Bertz CT molecular complexity index is 902. The lowest BCUT2D eigenvalue weighted by atomic mass is 10.2.